The van der Waals surface area contributed by atoms with Gasteiger partial charge in [0.2, 0.25) is 0 Å². The average molecular weight is 405 g/mol. The van der Waals surface area contributed by atoms with E-state index in [1.165, 1.54) is 6.07 Å². The second-order valence-electron chi connectivity index (χ2n) is 4.71. The summed E-state index contributed by atoms with van der Waals surface area (Å²) in [6.07, 6.45) is 0.507. The van der Waals surface area contributed by atoms with Crippen molar-refractivity contribution in [2.45, 2.75) is 19.4 Å². The lowest BCUT2D eigenvalue weighted by atomic mass is 9.98. The molecule has 0 bridgehead atoms. The van der Waals surface area contributed by atoms with Gasteiger partial charge in [0, 0.05) is 15.2 Å². The molecule has 0 aliphatic rings. The number of likely N-dealkylation sites (N-methyl/N-ethyl adjacent to an activating group) is 1. The number of hydrogen-bond donors (Lipinski definition) is 1. The first-order valence-corrected chi connectivity index (χ1v) is 7.72. The highest BCUT2D eigenvalue weighted by Crippen LogP contribution is 2.24. The summed E-state index contributed by atoms with van der Waals surface area (Å²) in [5.41, 5.74) is 1.15. The normalized spacial score (nSPS) is 12.4. The van der Waals surface area contributed by atoms with Crippen LogP contribution in [0.4, 0.5) is 13.2 Å². The molecule has 0 saturated heterocycles. The van der Waals surface area contributed by atoms with Crippen molar-refractivity contribution >= 4 is 22.6 Å². The van der Waals surface area contributed by atoms with Gasteiger partial charge in [0.05, 0.1) is 0 Å². The molecule has 0 aliphatic carbocycles. The third kappa shape index (κ3) is 3.97. The van der Waals surface area contributed by atoms with Gasteiger partial charge in [-0.2, -0.15) is 0 Å². The Morgan fingerprint density at radius 2 is 1.67 bits per heavy atom. The Bertz CT molecular complexity index is 614. The van der Waals surface area contributed by atoms with Crippen molar-refractivity contribution in [3.63, 3.8) is 0 Å². The van der Waals surface area contributed by atoms with Crippen LogP contribution in [0.1, 0.15) is 24.1 Å². The summed E-state index contributed by atoms with van der Waals surface area (Å²) in [5.74, 6) is -3.70. The number of benzene rings is 2. The molecule has 0 fully saturated rings. The molecule has 1 nitrogen and oxygen atoms in total. The van der Waals surface area contributed by atoms with E-state index in [-0.39, 0.29) is 5.56 Å². The van der Waals surface area contributed by atoms with E-state index in [9.17, 15) is 13.2 Å². The zero-order valence-corrected chi connectivity index (χ0v) is 13.6. The first kappa shape index (κ1) is 16.3. The Morgan fingerprint density at radius 3 is 2.29 bits per heavy atom. The van der Waals surface area contributed by atoms with Gasteiger partial charge in [-0.1, -0.05) is 25.1 Å². The average Bonchev–Trinajstić information content (AvgIpc) is 2.47. The molecule has 0 heterocycles. The lowest BCUT2D eigenvalue weighted by Gasteiger charge is -2.19. The molecule has 1 unspecified atom stereocenters. The summed E-state index contributed by atoms with van der Waals surface area (Å²) in [5, 5.41) is 3.12. The lowest BCUT2D eigenvalue weighted by Crippen LogP contribution is -2.24. The first-order valence-electron chi connectivity index (χ1n) is 6.64. The molecule has 0 amide bonds. The monoisotopic (exact) mass is 405 g/mol. The predicted octanol–water partition coefficient (Wildman–Crippen LogP) is 4.60. The summed E-state index contributed by atoms with van der Waals surface area (Å²) in [7, 11) is 0. The van der Waals surface area contributed by atoms with Crippen LogP contribution in [0.25, 0.3) is 0 Å². The van der Waals surface area contributed by atoms with Crippen LogP contribution in [0.3, 0.4) is 0 Å². The fraction of sp³-hybridized carbons (Fsp3) is 0.250. The summed E-state index contributed by atoms with van der Waals surface area (Å²) in [4.78, 5) is 0. The lowest BCUT2D eigenvalue weighted by molar-refractivity contribution is 0.425. The number of hydrogen-bond acceptors (Lipinski definition) is 1. The maximum Gasteiger partial charge on any atom is 0.194 e. The highest BCUT2D eigenvalue weighted by molar-refractivity contribution is 14.1. The van der Waals surface area contributed by atoms with Crippen LogP contribution in [0.5, 0.6) is 0 Å². The van der Waals surface area contributed by atoms with Crippen LogP contribution in [0.15, 0.2) is 36.4 Å². The van der Waals surface area contributed by atoms with Gasteiger partial charge in [0.25, 0.3) is 0 Å². The molecule has 2 rings (SSSR count). The minimum absolute atomic E-state index is 0.148. The maximum atomic E-state index is 13.9. The zero-order chi connectivity index (χ0) is 15.4. The molecule has 0 spiro atoms. The fourth-order valence-corrected chi connectivity index (χ4v) is 2.56. The molecular weight excluding hydrogens is 390 g/mol. The highest BCUT2D eigenvalue weighted by atomic mass is 127. The molecule has 21 heavy (non-hydrogen) atoms. The maximum absolute atomic E-state index is 13.9. The van der Waals surface area contributed by atoms with Gasteiger partial charge in [0.15, 0.2) is 17.5 Å². The van der Waals surface area contributed by atoms with E-state index in [0.29, 0.717) is 13.0 Å². The molecule has 1 N–H and O–H groups in total. The smallest absolute Gasteiger partial charge is 0.194 e. The molecule has 0 radical (unpaired) electrons. The molecule has 0 saturated carbocycles. The van der Waals surface area contributed by atoms with E-state index < -0.39 is 23.5 Å². The van der Waals surface area contributed by atoms with Crippen LogP contribution in [-0.2, 0) is 6.42 Å². The summed E-state index contributed by atoms with van der Waals surface area (Å²) in [6.45, 7) is 2.49. The van der Waals surface area contributed by atoms with Crippen molar-refractivity contribution in [2.24, 2.45) is 0 Å². The van der Waals surface area contributed by atoms with Gasteiger partial charge in [-0.3, -0.25) is 0 Å². The molecule has 5 heteroatoms. The van der Waals surface area contributed by atoms with Gasteiger partial charge < -0.3 is 5.32 Å². The Labute approximate surface area is 135 Å². The number of rotatable bonds is 5. The van der Waals surface area contributed by atoms with Crippen molar-refractivity contribution in [3.05, 3.63) is 68.5 Å². The van der Waals surface area contributed by atoms with E-state index in [0.717, 1.165) is 15.2 Å². The van der Waals surface area contributed by atoms with Crippen LogP contribution in [0, 0.1) is 21.0 Å². The van der Waals surface area contributed by atoms with E-state index in [1.807, 2.05) is 31.2 Å². The molecular formula is C16H15F3IN. The van der Waals surface area contributed by atoms with Crippen LogP contribution in [-0.4, -0.2) is 6.54 Å². The molecule has 2 aromatic rings. The van der Waals surface area contributed by atoms with Gasteiger partial charge in [-0.15, -0.1) is 0 Å². The summed E-state index contributed by atoms with van der Waals surface area (Å²) in [6, 6.07) is 9.68. The minimum Gasteiger partial charge on any atom is -0.310 e. The minimum atomic E-state index is -1.42. The van der Waals surface area contributed by atoms with Crippen molar-refractivity contribution in [2.75, 3.05) is 6.54 Å². The molecule has 0 aromatic heterocycles. The Hall–Kier alpha value is -1.08. The van der Waals surface area contributed by atoms with Gasteiger partial charge in [-0.05, 0) is 59.3 Å². The first-order chi connectivity index (χ1) is 10.0. The van der Waals surface area contributed by atoms with Crippen LogP contribution in [0.2, 0.25) is 0 Å². The van der Waals surface area contributed by atoms with E-state index in [4.69, 9.17) is 0 Å². The van der Waals surface area contributed by atoms with Crippen LogP contribution < -0.4 is 5.32 Å². The van der Waals surface area contributed by atoms with E-state index >= 15 is 0 Å². The Balaban J connectivity index is 2.30. The second-order valence-corrected chi connectivity index (χ2v) is 5.95. The van der Waals surface area contributed by atoms with Crippen LogP contribution >= 0.6 is 22.6 Å². The Morgan fingerprint density at radius 1 is 1.00 bits per heavy atom. The van der Waals surface area contributed by atoms with Gasteiger partial charge in [-0.25, -0.2) is 13.2 Å². The number of halogens is 4. The molecule has 1 atom stereocenters. The van der Waals surface area contributed by atoms with Crippen molar-refractivity contribution in [1.29, 1.82) is 0 Å². The predicted molar refractivity (Wildman–Crippen MR) is 85.6 cm³/mol. The fourth-order valence-electron chi connectivity index (χ4n) is 2.20. The Kier molecular flexibility index (Phi) is 5.64. The van der Waals surface area contributed by atoms with Gasteiger partial charge >= 0.3 is 0 Å². The van der Waals surface area contributed by atoms with E-state index in [1.54, 1.807) is 0 Å². The topological polar surface area (TPSA) is 12.0 Å². The number of nitrogens with one attached hydrogen (secondary N) is 1. The standard InChI is InChI=1S/C16H15F3IN/c1-2-21-14(9-10-3-5-11(20)6-4-10)12-7-8-13(17)16(19)15(12)18/h3-8,14,21H,2,9H2,1H3. The van der Waals surface area contributed by atoms with Crippen molar-refractivity contribution in [1.82, 2.24) is 5.32 Å². The second kappa shape index (κ2) is 7.26. The largest absolute Gasteiger partial charge is 0.310 e. The third-order valence-corrected chi connectivity index (χ3v) is 3.96. The zero-order valence-electron chi connectivity index (χ0n) is 11.5. The molecule has 2 aromatic carbocycles. The van der Waals surface area contributed by atoms with Gasteiger partial charge in [0.1, 0.15) is 0 Å². The SMILES string of the molecule is CCNC(Cc1ccc(I)cc1)c1ccc(F)c(F)c1F. The molecule has 0 aliphatic heterocycles. The highest BCUT2D eigenvalue weighted by Gasteiger charge is 2.20. The third-order valence-electron chi connectivity index (χ3n) is 3.24. The van der Waals surface area contributed by atoms with Crippen molar-refractivity contribution < 1.29 is 13.2 Å². The van der Waals surface area contributed by atoms with E-state index in [2.05, 4.69) is 27.9 Å². The summed E-state index contributed by atoms with van der Waals surface area (Å²) >= 11 is 2.20. The quantitative estimate of drug-likeness (QED) is 0.567. The summed E-state index contributed by atoms with van der Waals surface area (Å²) < 4.78 is 41.5. The molecule has 112 valence electrons. The van der Waals surface area contributed by atoms with Crippen molar-refractivity contribution in [3.8, 4) is 0 Å².